The van der Waals surface area contributed by atoms with Gasteiger partial charge in [0.25, 0.3) is 0 Å². The molecule has 0 heterocycles. The standard InChI is InChI=1S/C22H20O2/c1-16-5-3-4-6-21(14-16)24-22(23)12-9-18-8-11-19-13-17(2)7-10-20(19)15-18/h3-16H,1-2H3/b12-9+. The molecule has 0 aliphatic heterocycles. The maximum absolute atomic E-state index is 12.0. The summed E-state index contributed by atoms with van der Waals surface area (Å²) in [5, 5.41) is 2.36. The summed E-state index contributed by atoms with van der Waals surface area (Å²) in [6.45, 7) is 4.13. The van der Waals surface area contributed by atoms with Crippen molar-refractivity contribution in [2.45, 2.75) is 13.8 Å². The Balaban J connectivity index is 1.71. The van der Waals surface area contributed by atoms with Gasteiger partial charge < -0.3 is 4.74 Å². The van der Waals surface area contributed by atoms with E-state index in [2.05, 4.69) is 37.3 Å². The number of carbonyl (C=O) groups excluding carboxylic acids is 1. The van der Waals surface area contributed by atoms with Gasteiger partial charge in [0.1, 0.15) is 5.76 Å². The smallest absolute Gasteiger partial charge is 0.336 e. The van der Waals surface area contributed by atoms with Crippen LogP contribution >= 0.6 is 0 Å². The number of carbonyl (C=O) groups is 1. The second kappa shape index (κ2) is 7.14. The van der Waals surface area contributed by atoms with Crippen LogP contribution in [0.5, 0.6) is 0 Å². The number of hydrogen-bond acceptors (Lipinski definition) is 2. The Labute approximate surface area is 142 Å². The third-order valence-corrected chi connectivity index (χ3v) is 3.86. The topological polar surface area (TPSA) is 26.3 Å². The zero-order chi connectivity index (χ0) is 16.9. The van der Waals surface area contributed by atoms with Crippen molar-refractivity contribution in [1.82, 2.24) is 0 Å². The molecule has 3 rings (SSSR count). The fraction of sp³-hybridized carbons (Fsp3) is 0.136. The Hall–Kier alpha value is -2.87. The van der Waals surface area contributed by atoms with Crippen LogP contribution in [0, 0.1) is 12.8 Å². The molecule has 24 heavy (non-hydrogen) atoms. The Morgan fingerprint density at radius 1 is 1.08 bits per heavy atom. The molecule has 2 aromatic carbocycles. The maximum Gasteiger partial charge on any atom is 0.336 e. The van der Waals surface area contributed by atoms with Crippen molar-refractivity contribution in [1.29, 1.82) is 0 Å². The first-order valence-electron chi connectivity index (χ1n) is 8.07. The fourth-order valence-electron chi connectivity index (χ4n) is 2.63. The molecular weight excluding hydrogens is 296 g/mol. The number of aryl methyl sites for hydroxylation is 1. The minimum Gasteiger partial charge on any atom is -0.424 e. The summed E-state index contributed by atoms with van der Waals surface area (Å²) < 4.78 is 5.38. The van der Waals surface area contributed by atoms with E-state index in [4.69, 9.17) is 4.74 Å². The molecule has 0 radical (unpaired) electrons. The van der Waals surface area contributed by atoms with Crippen molar-refractivity contribution < 1.29 is 9.53 Å². The molecule has 0 spiro atoms. The highest BCUT2D eigenvalue weighted by atomic mass is 16.5. The van der Waals surface area contributed by atoms with E-state index in [1.807, 2.05) is 37.3 Å². The van der Waals surface area contributed by atoms with Crippen LogP contribution in [0.25, 0.3) is 16.8 Å². The molecule has 0 bridgehead atoms. The van der Waals surface area contributed by atoms with E-state index in [-0.39, 0.29) is 11.9 Å². The van der Waals surface area contributed by atoms with Gasteiger partial charge in [-0.25, -0.2) is 4.79 Å². The van der Waals surface area contributed by atoms with E-state index >= 15 is 0 Å². The molecule has 1 aliphatic rings. The third-order valence-electron chi connectivity index (χ3n) is 3.86. The fourth-order valence-corrected chi connectivity index (χ4v) is 2.63. The van der Waals surface area contributed by atoms with Crippen LogP contribution in [0.2, 0.25) is 0 Å². The summed E-state index contributed by atoms with van der Waals surface area (Å²) in [7, 11) is 0. The molecule has 0 aromatic heterocycles. The molecule has 0 fully saturated rings. The van der Waals surface area contributed by atoms with Crippen LogP contribution in [-0.2, 0) is 9.53 Å². The molecule has 0 saturated heterocycles. The van der Waals surface area contributed by atoms with Gasteiger partial charge in [0, 0.05) is 6.08 Å². The molecule has 2 aromatic rings. The Bertz CT molecular complexity index is 882. The predicted octanol–water partition coefficient (Wildman–Crippen LogP) is 5.35. The van der Waals surface area contributed by atoms with Crippen LogP contribution in [0.4, 0.5) is 0 Å². The van der Waals surface area contributed by atoms with Crippen LogP contribution in [0.3, 0.4) is 0 Å². The average molecular weight is 316 g/mol. The lowest BCUT2D eigenvalue weighted by atomic mass is 10.0. The summed E-state index contributed by atoms with van der Waals surface area (Å²) >= 11 is 0. The largest absolute Gasteiger partial charge is 0.424 e. The second-order valence-electron chi connectivity index (χ2n) is 6.04. The molecule has 1 atom stereocenters. The van der Waals surface area contributed by atoms with E-state index in [1.165, 1.54) is 17.0 Å². The van der Waals surface area contributed by atoms with E-state index in [0.717, 1.165) is 10.9 Å². The highest BCUT2D eigenvalue weighted by Gasteiger charge is 2.05. The Morgan fingerprint density at radius 3 is 2.75 bits per heavy atom. The SMILES string of the molecule is Cc1ccc2cc(/C=C/C(=O)OC3=CC(C)C=CC=C3)ccc2c1. The lowest BCUT2D eigenvalue weighted by Gasteiger charge is -2.04. The van der Waals surface area contributed by atoms with Gasteiger partial charge in [-0.1, -0.05) is 61.0 Å². The first kappa shape index (κ1) is 16.0. The van der Waals surface area contributed by atoms with Crippen molar-refractivity contribution in [2.24, 2.45) is 5.92 Å². The molecule has 0 N–H and O–H groups in total. The highest BCUT2D eigenvalue weighted by molar-refractivity contribution is 5.90. The first-order chi connectivity index (χ1) is 11.6. The second-order valence-corrected chi connectivity index (χ2v) is 6.04. The average Bonchev–Trinajstić information content (AvgIpc) is 2.76. The van der Waals surface area contributed by atoms with Crippen LogP contribution in [0.1, 0.15) is 18.1 Å². The number of rotatable bonds is 3. The number of allylic oxidation sites excluding steroid dienone is 5. The van der Waals surface area contributed by atoms with Gasteiger partial charge in [-0.2, -0.15) is 0 Å². The van der Waals surface area contributed by atoms with Crippen LogP contribution in [-0.4, -0.2) is 5.97 Å². The van der Waals surface area contributed by atoms with Crippen molar-refractivity contribution in [3.63, 3.8) is 0 Å². The molecule has 0 saturated carbocycles. The summed E-state index contributed by atoms with van der Waals surface area (Å²) in [6.07, 6.45) is 12.8. The zero-order valence-electron chi connectivity index (χ0n) is 13.9. The van der Waals surface area contributed by atoms with Gasteiger partial charge in [0.05, 0.1) is 0 Å². The number of benzene rings is 2. The van der Waals surface area contributed by atoms with E-state index in [1.54, 1.807) is 12.2 Å². The third kappa shape index (κ3) is 4.11. The van der Waals surface area contributed by atoms with E-state index < -0.39 is 0 Å². The molecular formula is C22H20O2. The zero-order valence-corrected chi connectivity index (χ0v) is 13.9. The van der Waals surface area contributed by atoms with Gasteiger partial charge in [-0.15, -0.1) is 0 Å². The Morgan fingerprint density at radius 2 is 1.88 bits per heavy atom. The summed E-state index contributed by atoms with van der Waals surface area (Å²) in [5.41, 5.74) is 2.21. The minimum atomic E-state index is -0.371. The lowest BCUT2D eigenvalue weighted by molar-refractivity contribution is -0.133. The number of ether oxygens (including phenoxy) is 1. The monoisotopic (exact) mass is 316 g/mol. The van der Waals surface area contributed by atoms with Crippen LogP contribution < -0.4 is 0 Å². The molecule has 1 aliphatic carbocycles. The summed E-state index contributed by atoms with van der Waals surface area (Å²) in [5.74, 6) is 0.455. The molecule has 2 heteroatoms. The van der Waals surface area contributed by atoms with Gasteiger partial charge in [-0.3, -0.25) is 0 Å². The van der Waals surface area contributed by atoms with Crippen molar-refractivity contribution >= 4 is 22.8 Å². The lowest BCUT2D eigenvalue weighted by Crippen LogP contribution is -2.00. The number of esters is 1. The quantitative estimate of drug-likeness (QED) is 0.563. The first-order valence-corrected chi connectivity index (χ1v) is 8.07. The van der Waals surface area contributed by atoms with Gasteiger partial charge in [-0.05, 0) is 53.5 Å². The van der Waals surface area contributed by atoms with E-state index in [9.17, 15) is 4.79 Å². The molecule has 0 amide bonds. The van der Waals surface area contributed by atoms with Gasteiger partial charge in [0.2, 0.25) is 0 Å². The summed E-state index contributed by atoms with van der Waals surface area (Å²) in [4.78, 5) is 12.0. The highest BCUT2D eigenvalue weighted by Crippen LogP contribution is 2.19. The predicted molar refractivity (Wildman–Crippen MR) is 99.3 cm³/mol. The normalized spacial score (nSPS) is 17.1. The van der Waals surface area contributed by atoms with Crippen molar-refractivity contribution in [2.75, 3.05) is 0 Å². The number of hydrogen-bond donors (Lipinski definition) is 0. The van der Waals surface area contributed by atoms with Gasteiger partial charge in [0.15, 0.2) is 0 Å². The van der Waals surface area contributed by atoms with Crippen molar-refractivity contribution in [3.05, 3.63) is 89.7 Å². The molecule has 120 valence electrons. The minimum absolute atomic E-state index is 0.246. The molecule has 2 nitrogen and oxygen atoms in total. The maximum atomic E-state index is 12.0. The number of fused-ring (bicyclic) bond motifs is 1. The van der Waals surface area contributed by atoms with Gasteiger partial charge >= 0.3 is 5.97 Å². The van der Waals surface area contributed by atoms with E-state index in [0.29, 0.717) is 5.76 Å². The molecule has 1 unspecified atom stereocenters. The summed E-state index contributed by atoms with van der Waals surface area (Å²) in [6, 6.07) is 12.5. The Kier molecular flexibility index (Phi) is 4.76. The van der Waals surface area contributed by atoms with Crippen LogP contribution in [0.15, 0.2) is 78.6 Å². The van der Waals surface area contributed by atoms with Crippen molar-refractivity contribution in [3.8, 4) is 0 Å².